The van der Waals surface area contributed by atoms with Crippen LogP contribution in [0.1, 0.15) is 48.5 Å². The van der Waals surface area contributed by atoms with Crippen LogP contribution in [-0.2, 0) is 23.1 Å². The van der Waals surface area contributed by atoms with Crippen LogP contribution in [0.25, 0.3) is 11.5 Å². The van der Waals surface area contributed by atoms with Gasteiger partial charge >= 0.3 is 0 Å². The summed E-state index contributed by atoms with van der Waals surface area (Å²) in [6, 6.07) is 3.01. The van der Waals surface area contributed by atoms with Crippen LogP contribution in [0.3, 0.4) is 0 Å². The predicted octanol–water partition coefficient (Wildman–Crippen LogP) is 3.81. The van der Waals surface area contributed by atoms with Crippen LogP contribution in [0, 0.1) is 25.5 Å². The minimum absolute atomic E-state index is 0.0235. The number of aromatic nitrogens is 3. The zero-order valence-electron chi connectivity index (χ0n) is 16.9. The number of nitrogens with zero attached hydrogens (tertiary/aromatic N) is 3. The molecule has 1 aliphatic rings. The highest BCUT2D eigenvalue weighted by Gasteiger charge is 2.34. The Morgan fingerprint density at radius 2 is 1.97 bits per heavy atom. The van der Waals surface area contributed by atoms with E-state index in [0.29, 0.717) is 29.3 Å². The van der Waals surface area contributed by atoms with Crippen molar-refractivity contribution in [3.63, 3.8) is 0 Å². The van der Waals surface area contributed by atoms with Crippen LogP contribution in [0.4, 0.5) is 8.78 Å². The van der Waals surface area contributed by atoms with Gasteiger partial charge in [0.25, 0.3) is 5.89 Å². The van der Waals surface area contributed by atoms with E-state index >= 15 is 0 Å². The number of rotatable bonds is 7. The Morgan fingerprint density at radius 3 is 2.60 bits per heavy atom. The van der Waals surface area contributed by atoms with E-state index in [0.717, 1.165) is 25.0 Å². The quantitative estimate of drug-likeness (QED) is 0.608. The Kier molecular flexibility index (Phi) is 5.23. The smallest absolute Gasteiger partial charge is 0.261 e. The molecule has 160 valence electrons. The molecule has 0 radical (unpaired) electrons. The van der Waals surface area contributed by atoms with Gasteiger partial charge in [-0.15, -0.1) is 0 Å². The highest BCUT2D eigenvalue weighted by molar-refractivity contribution is 7.89. The molecule has 0 atom stereocenters. The average Bonchev–Trinajstić information content (AvgIpc) is 3.36. The van der Waals surface area contributed by atoms with Crippen LogP contribution < -0.4 is 4.72 Å². The van der Waals surface area contributed by atoms with Crippen LogP contribution in [0.5, 0.6) is 0 Å². The molecule has 1 aromatic carbocycles. The van der Waals surface area contributed by atoms with Gasteiger partial charge in [-0.3, -0.25) is 0 Å². The second kappa shape index (κ2) is 7.59. The fraction of sp³-hybridized carbons (Fsp3) is 0.400. The highest BCUT2D eigenvalue weighted by Crippen LogP contribution is 2.40. The molecule has 4 rings (SSSR count). The molecule has 1 saturated carbocycles. The summed E-state index contributed by atoms with van der Waals surface area (Å²) in [5.74, 6) is -0.551. The standard InChI is InChI=1S/C20H22F2N4O3S/c1-4-26-11(2)17(20-24-19(25-29-20)13-5-6-13)18(12(26)3)30(27,28)23-10-14-7-8-15(21)9-16(14)22/h7-9,13,23H,4-6,10H2,1-3H3. The van der Waals surface area contributed by atoms with Gasteiger partial charge < -0.3 is 9.09 Å². The van der Waals surface area contributed by atoms with Crippen LogP contribution in [-0.4, -0.2) is 23.1 Å². The molecule has 2 aromatic heterocycles. The van der Waals surface area contributed by atoms with Gasteiger partial charge in [-0.25, -0.2) is 21.9 Å². The first-order valence-electron chi connectivity index (χ1n) is 9.70. The number of halogens is 2. The van der Waals surface area contributed by atoms with Crippen molar-refractivity contribution in [1.82, 2.24) is 19.4 Å². The van der Waals surface area contributed by atoms with Crippen LogP contribution in [0.15, 0.2) is 27.6 Å². The summed E-state index contributed by atoms with van der Waals surface area (Å²) in [4.78, 5) is 4.45. The largest absolute Gasteiger partial charge is 0.347 e. The molecule has 0 spiro atoms. The Morgan fingerprint density at radius 1 is 1.23 bits per heavy atom. The second-order valence-corrected chi connectivity index (χ2v) is 9.12. The van der Waals surface area contributed by atoms with E-state index in [1.54, 1.807) is 13.8 Å². The summed E-state index contributed by atoms with van der Waals surface area (Å²) in [7, 11) is -4.06. The van der Waals surface area contributed by atoms with Crippen molar-refractivity contribution < 1.29 is 21.7 Å². The zero-order valence-corrected chi connectivity index (χ0v) is 17.7. The summed E-state index contributed by atoms with van der Waals surface area (Å²) < 4.78 is 63.2. The van der Waals surface area contributed by atoms with Crippen molar-refractivity contribution in [3.05, 3.63) is 52.6 Å². The highest BCUT2D eigenvalue weighted by atomic mass is 32.2. The molecule has 3 aromatic rings. The van der Waals surface area contributed by atoms with Crippen LogP contribution in [0.2, 0.25) is 0 Å². The van der Waals surface area contributed by atoms with E-state index < -0.39 is 21.7 Å². The predicted molar refractivity (Wildman–Crippen MR) is 105 cm³/mol. The number of sulfonamides is 1. The van der Waals surface area contributed by atoms with E-state index in [-0.39, 0.29) is 28.8 Å². The first-order valence-corrected chi connectivity index (χ1v) is 11.2. The van der Waals surface area contributed by atoms with Crippen molar-refractivity contribution in [2.24, 2.45) is 0 Å². The monoisotopic (exact) mass is 436 g/mol. The van der Waals surface area contributed by atoms with E-state index in [1.807, 2.05) is 11.5 Å². The maximum Gasteiger partial charge on any atom is 0.261 e. The van der Waals surface area contributed by atoms with Crippen molar-refractivity contribution >= 4 is 10.0 Å². The maximum absolute atomic E-state index is 13.9. The summed E-state index contributed by atoms with van der Waals surface area (Å²) in [6.45, 7) is 5.64. The molecule has 2 heterocycles. The fourth-order valence-electron chi connectivity index (χ4n) is 3.66. The molecule has 0 bridgehead atoms. The molecule has 10 heteroatoms. The molecule has 7 nitrogen and oxygen atoms in total. The number of benzene rings is 1. The SMILES string of the molecule is CCn1c(C)c(-c2nc(C3CC3)no2)c(S(=O)(=O)NCc2ccc(F)cc2F)c1C. The van der Waals surface area contributed by atoms with Gasteiger partial charge in [0.1, 0.15) is 16.5 Å². The normalized spacial score (nSPS) is 14.4. The van der Waals surface area contributed by atoms with E-state index in [2.05, 4.69) is 14.9 Å². The van der Waals surface area contributed by atoms with Gasteiger partial charge in [0, 0.05) is 42.0 Å². The van der Waals surface area contributed by atoms with E-state index in [1.165, 1.54) is 6.07 Å². The Hall–Kier alpha value is -2.59. The molecule has 1 fully saturated rings. The van der Waals surface area contributed by atoms with Gasteiger partial charge in [-0.2, -0.15) is 4.98 Å². The molecule has 30 heavy (non-hydrogen) atoms. The number of hydrogen-bond donors (Lipinski definition) is 1. The zero-order chi connectivity index (χ0) is 21.6. The lowest BCUT2D eigenvalue weighted by Crippen LogP contribution is -2.25. The van der Waals surface area contributed by atoms with Crippen molar-refractivity contribution in [1.29, 1.82) is 0 Å². The van der Waals surface area contributed by atoms with E-state index in [9.17, 15) is 17.2 Å². The minimum Gasteiger partial charge on any atom is -0.347 e. The number of hydrogen-bond acceptors (Lipinski definition) is 5. The average molecular weight is 436 g/mol. The Balaban J connectivity index is 1.74. The van der Waals surface area contributed by atoms with Gasteiger partial charge in [-0.1, -0.05) is 11.2 Å². The summed E-state index contributed by atoms with van der Waals surface area (Å²) in [6.07, 6.45) is 1.98. The maximum atomic E-state index is 13.9. The molecule has 1 aliphatic carbocycles. The molecule has 0 unspecified atom stereocenters. The third-order valence-corrected chi connectivity index (χ3v) is 6.94. The summed E-state index contributed by atoms with van der Waals surface area (Å²) in [5.41, 5.74) is 1.60. The molecule has 0 amide bonds. The van der Waals surface area contributed by atoms with Crippen molar-refractivity contribution in [3.8, 4) is 11.5 Å². The molecular formula is C20H22F2N4O3S. The third kappa shape index (κ3) is 3.65. The van der Waals surface area contributed by atoms with E-state index in [4.69, 9.17) is 4.52 Å². The number of nitrogens with one attached hydrogen (secondary N) is 1. The molecular weight excluding hydrogens is 414 g/mol. The van der Waals surface area contributed by atoms with Gasteiger partial charge in [0.15, 0.2) is 5.82 Å². The first kappa shape index (κ1) is 20.7. The summed E-state index contributed by atoms with van der Waals surface area (Å²) >= 11 is 0. The van der Waals surface area contributed by atoms with Gasteiger partial charge in [0.05, 0.1) is 5.56 Å². The van der Waals surface area contributed by atoms with Gasteiger partial charge in [-0.05, 0) is 39.7 Å². The molecule has 1 N–H and O–H groups in total. The minimum atomic E-state index is -4.06. The fourth-order valence-corrected chi connectivity index (χ4v) is 5.16. The third-order valence-electron chi connectivity index (χ3n) is 5.38. The molecule has 0 saturated heterocycles. The first-order chi connectivity index (χ1) is 14.2. The Bertz CT molecular complexity index is 1210. The van der Waals surface area contributed by atoms with Gasteiger partial charge in [0.2, 0.25) is 10.0 Å². The lowest BCUT2D eigenvalue weighted by molar-refractivity contribution is 0.421. The van der Waals surface area contributed by atoms with Crippen molar-refractivity contribution in [2.45, 2.75) is 57.5 Å². The molecule has 0 aliphatic heterocycles. The van der Waals surface area contributed by atoms with Crippen LogP contribution >= 0.6 is 0 Å². The lowest BCUT2D eigenvalue weighted by Gasteiger charge is -2.09. The van der Waals surface area contributed by atoms with Crippen molar-refractivity contribution in [2.75, 3.05) is 0 Å². The summed E-state index contributed by atoms with van der Waals surface area (Å²) in [5, 5.41) is 4.00. The topological polar surface area (TPSA) is 90.0 Å². The second-order valence-electron chi connectivity index (χ2n) is 7.41. The Labute approximate surface area is 173 Å². The lowest BCUT2D eigenvalue weighted by atomic mass is 10.2.